The van der Waals surface area contributed by atoms with Gasteiger partial charge in [0.25, 0.3) is 0 Å². The Morgan fingerprint density at radius 3 is 2.75 bits per heavy atom. The molecular weight excluding hydrogens is 302 g/mol. The number of rotatable bonds is 4. The van der Waals surface area contributed by atoms with Crippen molar-refractivity contribution in [3.8, 4) is 5.69 Å². The van der Waals surface area contributed by atoms with Gasteiger partial charge < -0.3 is 9.47 Å². The minimum absolute atomic E-state index is 0.204. The van der Waals surface area contributed by atoms with E-state index in [1.807, 2.05) is 12.3 Å². The van der Waals surface area contributed by atoms with Crippen molar-refractivity contribution in [1.82, 2.24) is 14.5 Å². The van der Waals surface area contributed by atoms with Gasteiger partial charge in [0, 0.05) is 31.9 Å². The van der Waals surface area contributed by atoms with Crippen molar-refractivity contribution in [3.63, 3.8) is 0 Å². The van der Waals surface area contributed by atoms with Gasteiger partial charge in [0.05, 0.1) is 30.7 Å². The van der Waals surface area contributed by atoms with Crippen molar-refractivity contribution in [3.05, 3.63) is 48.0 Å². The smallest absolute Gasteiger partial charge is 0.110 e. The summed E-state index contributed by atoms with van der Waals surface area (Å²) in [5.41, 5.74) is 2.40. The minimum atomic E-state index is 0.204. The molecule has 128 valence electrons. The molecule has 0 bridgehead atoms. The van der Waals surface area contributed by atoms with Gasteiger partial charge in [-0.2, -0.15) is 0 Å². The molecule has 2 fully saturated rings. The predicted molar refractivity (Wildman–Crippen MR) is 92.3 cm³/mol. The van der Waals surface area contributed by atoms with E-state index < -0.39 is 0 Å². The Hall–Kier alpha value is -1.69. The first kappa shape index (κ1) is 15.8. The third kappa shape index (κ3) is 3.24. The summed E-state index contributed by atoms with van der Waals surface area (Å²) in [7, 11) is 0. The average molecular weight is 327 g/mol. The molecule has 2 aliphatic heterocycles. The van der Waals surface area contributed by atoms with Crippen LogP contribution >= 0.6 is 0 Å². The maximum Gasteiger partial charge on any atom is 0.110 e. The topological polar surface area (TPSA) is 39.5 Å². The Bertz CT molecular complexity index is 665. The van der Waals surface area contributed by atoms with Crippen LogP contribution in [0.2, 0.25) is 0 Å². The average Bonchev–Trinajstić information content (AvgIpc) is 3.26. The molecule has 5 nitrogen and oxygen atoms in total. The molecule has 1 aromatic carbocycles. The third-order valence-electron chi connectivity index (χ3n) is 4.97. The Morgan fingerprint density at radius 1 is 1.12 bits per heavy atom. The van der Waals surface area contributed by atoms with Crippen LogP contribution in [0.5, 0.6) is 0 Å². The second kappa shape index (κ2) is 7.05. The molecule has 0 aliphatic carbocycles. The number of hydrogen-bond donors (Lipinski definition) is 0. The molecule has 0 amide bonds. The molecular formula is C19H25N3O2. The predicted octanol–water partition coefficient (Wildman–Crippen LogP) is 2.56. The van der Waals surface area contributed by atoms with Gasteiger partial charge in [0.2, 0.25) is 0 Å². The number of ether oxygens (including phenoxy) is 2. The second-order valence-electron chi connectivity index (χ2n) is 6.66. The molecule has 24 heavy (non-hydrogen) atoms. The lowest BCUT2D eigenvalue weighted by molar-refractivity contribution is -0.0962. The maximum absolute atomic E-state index is 5.96. The van der Waals surface area contributed by atoms with Crippen molar-refractivity contribution in [2.75, 3.05) is 26.3 Å². The Labute approximate surface area is 143 Å². The highest BCUT2D eigenvalue weighted by Crippen LogP contribution is 2.23. The van der Waals surface area contributed by atoms with E-state index in [2.05, 4.69) is 45.6 Å². The highest BCUT2D eigenvalue weighted by molar-refractivity contribution is 5.35. The van der Waals surface area contributed by atoms with Gasteiger partial charge in [-0.25, -0.2) is 4.98 Å². The first-order chi connectivity index (χ1) is 11.8. The van der Waals surface area contributed by atoms with Crippen LogP contribution in [-0.4, -0.2) is 53.0 Å². The molecule has 1 aromatic heterocycles. The lowest BCUT2D eigenvalue weighted by Crippen LogP contribution is -2.47. The summed E-state index contributed by atoms with van der Waals surface area (Å²) < 4.78 is 14.0. The van der Waals surface area contributed by atoms with E-state index in [1.165, 1.54) is 11.4 Å². The van der Waals surface area contributed by atoms with Crippen LogP contribution in [0.15, 0.2) is 36.5 Å². The highest BCUT2D eigenvalue weighted by atomic mass is 16.5. The lowest BCUT2D eigenvalue weighted by Gasteiger charge is -2.35. The number of aromatic nitrogens is 2. The summed E-state index contributed by atoms with van der Waals surface area (Å²) in [5.74, 6) is 1.03. The van der Waals surface area contributed by atoms with Crippen LogP contribution in [-0.2, 0) is 16.0 Å². The first-order valence-corrected chi connectivity index (χ1v) is 8.85. The quantitative estimate of drug-likeness (QED) is 0.865. The van der Waals surface area contributed by atoms with Gasteiger partial charge in [-0.1, -0.05) is 18.2 Å². The molecule has 2 atom stereocenters. The zero-order valence-electron chi connectivity index (χ0n) is 14.2. The number of nitrogens with zero attached hydrogens (tertiary/aromatic N) is 3. The molecule has 5 heteroatoms. The molecule has 0 unspecified atom stereocenters. The van der Waals surface area contributed by atoms with E-state index in [9.17, 15) is 0 Å². The number of benzene rings is 1. The summed E-state index contributed by atoms with van der Waals surface area (Å²) in [6, 6.07) is 10.4. The van der Waals surface area contributed by atoms with Gasteiger partial charge >= 0.3 is 0 Å². The van der Waals surface area contributed by atoms with Crippen LogP contribution in [0.4, 0.5) is 0 Å². The van der Waals surface area contributed by atoms with Crippen molar-refractivity contribution in [2.24, 2.45) is 0 Å². The number of para-hydroxylation sites is 1. The van der Waals surface area contributed by atoms with Crippen LogP contribution < -0.4 is 0 Å². The van der Waals surface area contributed by atoms with Gasteiger partial charge in [0.15, 0.2) is 0 Å². The summed E-state index contributed by atoms with van der Waals surface area (Å²) in [6.45, 7) is 6.51. The zero-order chi connectivity index (χ0) is 16.4. The molecule has 2 aromatic rings. The van der Waals surface area contributed by atoms with Gasteiger partial charge in [0.1, 0.15) is 5.82 Å². The van der Waals surface area contributed by atoms with Gasteiger partial charge in [-0.15, -0.1) is 0 Å². The molecule has 2 saturated heterocycles. The van der Waals surface area contributed by atoms with E-state index in [0.29, 0.717) is 0 Å². The fourth-order valence-corrected chi connectivity index (χ4v) is 3.76. The fourth-order valence-electron chi connectivity index (χ4n) is 3.76. The molecule has 4 rings (SSSR count). The van der Waals surface area contributed by atoms with Crippen LogP contribution in [0.1, 0.15) is 24.4 Å². The van der Waals surface area contributed by atoms with Crippen molar-refractivity contribution < 1.29 is 9.47 Å². The Balaban J connectivity index is 1.49. The van der Waals surface area contributed by atoms with Crippen LogP contribution in [0.25, 0.3) is 5.69 Å². The third-order valence-corrected chi connectivity index (χ3v) is 4.97. The van der Waals surface area contributed by atoms with E-state index in [-0.39, 0.29) is 12.2 Å². The lowest BCUT2D eigenvalue weighted by atomic mass is 10.1. The largest absolute Gasteiger partial charge is 0.375 e. The molecule has 0 radical (unpaired) electrons. The van der Waals surface area contributed by atoms with E-state index in [1.54, 1.807) is 0 Å². The van der Waals surface area contributed by atoms with Crippen molar-refractivity contribution in [2.45, 2.75) is 38.5 Å². The van der Waals surface area contributed by atoms with E-state index >= 15 is 0 Å². The summed E-state index contributed by atoms with van der Waals surface area (Å²) >= 11 is 0. The van der Waals surface area contributed by atoms with Crippen molar-refractivity contribution in [1.29, 1.82) is 0 Å². The molecule has 2 aliphatic rings. The summed E-state index contributed by atoms with van der Waals surface area (Å²) in [6.07, 6.45) is 4.76. The Kier molecular flexibility index (Phi) is 4.65. The van der Waals surface area contributed by atoms with E-state index in [4.69, 9.17) is 9.47 Å². The second-order valence-corrected chi connectivity index (χ2v) is 6.66. The summed E-state index contributed by atoms with van der Waals surface area (Å²) in [4.78, 5) is 7.00. The van der Waals surface area contributed by atoms with Crippen LogP contribution in [0.3, 0.4) is 0 Å². The highest BCUT2D eigenvalue weighted by Gasteiger charge is 2.31. The van der Waals surface area contributed by atoms with Crippen LogP contribution in [0, 0.1) is 6.92 Å². The minimum Gasteiger partial charge on any atom is -0.375 e. The number of imidazole rings is 1. The SMILES string of the molecule is Cc1ncc(CN2CCO[C@H]([C@@H]3CCCO3)C2)n1-c1ccccc1. The maximum atomic E-state index is 5.96. The molecule has 0 N–H and O–H groups in total. The number of aryl methyl sites for hydroxylation is 1. The fraction of sp³-hybridized carbons (Fsp3) is 0.526. The normalized spacial score (nSPS) is 25.2. The summed E-state index contributed by atoms with van der Waals surface area (Å²) in [5, 5.41) is 0. The van der Waals surface area contributed by atoms with Crippen molar-refractivity contribution >= 4 is 0 Å². The zero-order valence-corrected chi connectivity index (χ0v) is 14.2. The standard InChI is InChI=1S/C19H25N3O2/c1-15-20-12-17(22(15)16-6-3-2-4-7-16)13-21-9-11-24-19(14-21)18-8-5-10-23-18/h2-4,6-7,12,18-19H,5,8-11,13-14H2,1H3/t18-,19-/m0/s1. The van der Waals surface area contributed by atoms with Gasteiger partial charge in [-0.05, 0) is 31.9 Å². The molecule has 0 saturated carbocycles. The number of hydrogen-bond acceptors (Lipinski definition) is 4. The molecule has 0 spiro atoms. The van der Waals surface area contributed by atoms with E-state index in [0.717, 1.165) is 51.5 Å². The number of morpholine rings is 1. The monoisotopic (exact) mass is 327 g/mol. The first-order valence-electron chi connectivity index (χ1n) is 8.85. The molecule has 3 heterocycles. The Morgan fingerprint density at radius 2 is 1.96 bits per heavy atom. The van der Waals surface area contributed by atoms with Gasteiger partial charge in [-0.3, -0.25) is 9.47 Å².